The topological polar surface area (TPSA) is 43.8 Å². The maximum atomic E-state index is 12.1. The second kappa shape index (κ2) is 4.45. The van der Waals surface area contributed by atoms with Crippen LogP contribution in [0.25, 0.3) is 0 Å². The Morgan fingerprint density at radius 3 is 2.31 bits per heavy atom. The van der Waals surface area contributed by atoms with Crippen LogP contribution in [-0.2, 0) is 6.54 Å². The van der Waals surface area contributed by atoms with Crippen molar-refractivity contribution in [2.24, 2.45) is 5.73 Å². The molecule has 2 N–H and O–H groups in total. The highest BCUT2D eigenvalue weighted by Gasteiger charge is 2.27. The summed E-state index contributed by atoms with van der Waals surface area (Å²) in [5, 5.41) is 4.07. The van der Waals surface area contributed by atoms with E-state index in [0.29, 0.717) is 5.69 Å². The Morgan fingerprint density at radius 2 is 1.94 bits per heavy atom. The lowest BCUT2D eigenvalue weighted by Gasteiger charge is -2.09. The maximum absolute atomic E-state index is 12.1. The third-order valence-corrected chi connectivity index (χ3v) is 2.50. The molecule has 1 heterocycles. The molecule has 92 valence electrons. The highest BCUT2D eigenvalue weighted by molar-refractivity contribution is 5.27. The summed E-state index contributed by atoms with van der Waals surface area (Å²) < 4.78 is 37.6. The first kappa shape index (κ1) is 13.0. The van der Waals surface area contributed by atoms with Crippen molar-refractivity contribution in [3.05, 3.63) is 17.0 Å². The van der Waals surface area contributed by atoms with Gasteiger partial charge >= 0.3 is 6.18 Å². The molecule has 1 aromatic rings. The molecule has 16 heavy (non-hydrogen) atoms. The molecule has 0 aliphatic heterocycles. The van der Waals surface area contributed by atoms with E-state index >= 15 is 0 Å². The molecule has 0 bridgehead atoms. The standard InChI is InChI=1S/C10H16F3N3/c1-6(14)9-7(2)15-16(8(9)3)5-4-10(11,12)13/h6H,4-5,14H2,1-3H3. The number of rotatable bonds is 3. The molecule has 1 rings (SSSR count). The van der Waals surface area contributed by atoms with Crippen molar-refractivity contribution in [1.29, 1.82) is 0 Å². The molecular formula is C10H16F3N3. The molecule has 0 saturated heterocycles. The van der Waals surface area contributed by atoms with Gasteiger partial charge in [-0.1, -0.05) is 0 Å². The first-order chi connectivity index (χ1) is 7.22. The first-order valence-electron chi connectivity index (χ1n) is 5.08. The summed E-state index contributed by atoms with van der Waals surface area (Å²) >= 11 is 0. The van der Waals surface area contributed by atoms with E-state index < -0.39 is 12.6 Å². The minimum Gasteiger partial charge on any atom is -0.324 e. The van der Waals surface area contributed by atoms with Crippen molar-refractivity contribution in [3.63, 3.8) is 0 Å². The average Bonchev–Trinajstić information content (AvgIpc) is 2.36. The summed E-state index contributed by atoms with van der Waals surface area (Å²) in [7, 11) is 0. The zero-order chi connectivity index (χ0) is 12.5. The molecule has 3 nitrogen and oxygen atoms in total. The largest absolute Gasteiger partial charge is 0.390 e. The van der Waals surface area contributed by atoms with Crippen LogP contribution in [0.5, 0.6) is 0 Å². The van der Waals surface area contributed by atoms with Crippen LogP contribution in [0.3, 0.4) is 0 Å². The smallest absolute Gasteiger partial charge is 0.324 e. The molecule has 1 aromatic heterocycles. The zero-order valence-corrected chi connectivity index (χ0v) is 9.60. The second-order valence-electron chi connectivity index (χ2n) is 3.96. The van der Waals surface area contributed by atoms with Gasteiger partial charge in [-0.25, -0.2) is 0 Å². The van der Waals surface area contributed by atoms with E-state index in [4.69, 9.17) is 5.73 Å². The molecule has 6 heteroatoms. The lowest BCUT2D eigenvalue weighted by molar-refractivity contribution is -0.137. The second-order valence-corrected chi connectivity index (χ2v) is 3.96. The van der Waals surface area contributed by atoms with Crippen molar-refractivity contribution in [2.45, 2.75) is 46.0 Å². The summed E-state index contributed by atoms with van der Waals surface area (Å²) in [4.78, 5) is 0. The fourth-order valence-corrected chi connectivity index (χ4v) is 1.82. The molecule has 0 spiro atoms. The van der Waals surface area contributed by atoms with Crippen LogP contribution in [0.2, 0.25) is 0 Å². The molecule has 0 fully saturated rings. The van der Waals surface area contributed by atoms with Gasteiger partial charge in [0, 0.05) is 23.8 Å². The third-order valence-electron chi connectivity index (χ3n) is 2.50. The summed E-state index contributed by atoms with van der Waals surface area (Å²) in [5.41, 5.74) is 7.99. The van der Waals surface area contributed by atoms with Gasteiger partial charge in [0.25, 0.3) is 0 Å². The number of aryl methyl sites for hydroxylation is 2. The Hall–Kier alpha value is -1.04. The molecule has 1 atom stereocenters. The van der Waals surface area contributed by atoms with Crippen molar-refractivity contribution in [2.75, 3.05) is 0 Å². The van der Waals surface area contributed by atoms with Crippen molar-refractivity contribution in [3.8, 4) is 0 Å². The zero-order valence-electron chi connectivity index (χ0n) is 9.60. The predicted molar refractivity (Wildman–Crippen MR) is 55.0 cm³/mol. The molecular weight excluding hydrogens is 219 g/mol. The summed E-state index contributed by atoms with van der Waals surface area (Å²) in [6, 6.07) is -0.209. The van der Waals surface area contributed by atoms with Gasteiger partial charge in [-0.15, -0.1) is 0 Å². The van der Waals surface area contributed by atoms with Crippen LogP contribution in [-0.4, -0.2) is 16.0 Å². The quantitative estimate of drug-likeness (QED) is 0.874. The van der Waals surface area contributed by atoms with E-state index in [1.807, 2.05) is 0 Å². The number of hydrogen-bond acceptors (Lipinski definition) is 2. The van der Waals surface area contributed by atoms with Gasteiger partial charge in [0.2, 0.25) is 0 Å². The van der Waals surface area contributed by atoms with Crippen molar-refractivity contribution >= 4 is 0 Å². The van der Waals surface area contributed by atoms with Crippen LogP contribution >= 0.6 is 0 Å². The number of halogens is 3. The normalized spacial score (nSPS) is 14.2. The van der Waals surface area contributed by atoms with Gasteiger partial charge < -0.3 is 5.73 Å². The number of hydrogen-bond donors (Lipinski definition) is 1. The van der Waals surface area contributed by atoms with Crippen LogP contribution in [0.4, 0.5) is 13.2 Å². The lowest BCUT2D eigenvalue weighted by Crippen LogP contribution is -2.14. The van der Waals surface area contributed by atoms with Crippen LogP contribution in [0.1, 0.15) is 36.3 Å². The summed E-state index contributed by atoms with van der Waals surface area (Å²) in [5.74, 6) is 0. The SMILES string of the molecule is Cc1nn(CCC(F)(F)F)c(C)c1C(C)N. The molecule has 0 aromatic carbocycles. The molecule has 1 unspecified atom stereocenters. The van der Waals surface area contributed by atoms with Crippen LogP contribution in [0, 0.1) is 13.8 Å². The highest BCUT2D eigenvalue weighted by atomic mass is 19.4. The third kappa shape index (κ3) is 2.98. The van der Waals surface area contributed by atoms with E-state index in [9.17, 15) is 13.2 Å². The molecule has 0 radical (unpaired) electrons. The Bertz CT molecular complexity index is 366. The van der Waals surface area contributed by atoms with Crippen molar-refractivity contribution in [1.82, 2.24) is 9.78 Å². The molecule has 0 aliphatic rings. The summed E-state index contributed by atoms with van der Waals surface area (Å²) in [6.45, 7) is 5.15. The Morgan fingerprint density at radius 1 is 1.38 bits per heavy atom. The minimum absolute atomic E-state index is 0.150. The number of alkyl halides is 3. The van der Waals surface area contributed by atoms with E-state index in [2.05, 4.69) is 5.10 Å². The Balaban J connectivity index is 2.87. The minimum atomic E-state index is -4.15. The van der Waals surface area contributed by atoms with Gasteiger partial charge in [-0.3, -0.25) is 4.68 Å². The van der Waals surface area contributed by atoms with Gasteiger partial charge in [-0.05, 0) is 20.8 Å². The number of aromatic nitrogens is 2. The fraction of sp³-hybridized carbons (Fsp3) is 0.700. The number of nitrogens with zero attached hydrogens (tertiary/aromatic N) is 2. The average molecular weight is 235 g/mol. The Labute approximate surface area is 92.4 Å². The lowest BCUT2D eigenvalue weighted by atomic mass is 10.1. The van der Waals surface area contributed by atoms with E-state index in [1.165, 1.54) is 4.68 Å². The van der Waals surface area contributed by atoms with Gasteiger partial charge in [-0.2, -0.15) is 18.3 Å². The highest BCUT2D eigenvalue weighted by Crippen LogP contribution is 2.23. The van der Waals surface area contributed by atoms with Gasteiger partial charge in [0.15, 0.2) is 0 Å². The first-order valence-corrected chi connectivity index (χ1v) is 5.08. The number of nitrogens with two attached hydrogens (primary N) is 1. The maximum Gasteiger partial charge on any atom is 0.390 e. The van der Waals surface area contributed by atoms with Crippen LogP contribution in [0.15, 0.2) is 0 Å². The van der Waals surface area contributed by atoms with Gasteiger partial charge in [0.1, 0.15) is 0 Å². The van der Waals surface area contributed by atoms with E-state index in [1.54, 1.807) is 20.8 Å². The Kier molecular flexibility index (Phi) is 3.62. The molecule has 0 saturated carbocycles. The monoisotopic (exact) mass is 235 g/mol. The predicted octanol–water partition coefficient (Wildman–Crippen LogP) is 2.47. The molecule has 0 aliphatic carbocycles. The summed E-state index contributed by atoms with van der Waals surface area (Å²) in [6.07, 6.45) is -5.02. The van der Waals surface area contributed by atoms with Crippen molar-refractivity contribution < 1.29 is 13.2 Å². The molecule has 0 amide bonds. The van der Waals surface area contributed by atoms with Crippen LogP contribution < -0.4 is 5.73 Å². The van der Waals surface area contributed by atoms with E-state index in [0.717, 1.165) is 11.3 Å². The fourth-order valence-electron chi connectivity index (χ4n) is 1.82. The van der Waals surface area contributed by atoms with E-state index in [-0.39, 0.29) is 12.6 Å². The van der Waals surface area contributed by atoms with Gasteiger partial charge in [0.05, 0.1) is 12.1 Å².